The minimum atomic E-state index is 0. The van der Waals surface area contributed by atoms with Crippen LogP contribution in [0.25, 0.3) is 5.82 Å². The van der Waals surface area contributed by atoms with Gasteiger partial charge in [-0.1, -0.05) is 0 Å². The van der Waals surface area contributed by atoms with Gasteiger partial charge in [0.25, 0.3) is 0 Å². The summed E-state index contributed by atoms with van der Waals surface area (Å²) in [4.78, 5) is 8.28. The van der Waals surface area contributed by atoms with Crippen molar-refractivity contribution in [3.05, 3.63) is 30.5 Å². The van der Waals surface area contributed by atoms with E-state index in [1.165, 1.54) is 6.33 Å². The molecule has 6 nitrogen and oxygen atoms in total. The third kappa shape index (κ3) is 2.29. The second-order valence-electron chi connectivity index (χ2n) is 2.89. The molecule has 0 radical (unpaired) electrons. The Morgan fingerprint density at radius 2 is 2.19 bits per heavy atom. The molecule has 7 heteroatoms. The van der Waals surface area contributed by atoms with E-state index in [1.807, 2.05) is 12.1 Å². The molecule has 0 saturated carbocycles. The van der Waals surface area contributed by atoms with E-state index >= 15 is 0 Å². The minimum absolute atomic E-state index is 0. The van der Waals surface area contributed by atoms with Crippen LogP contribution >= 0.6 is 0 Å². The Hall–Kier alpha value is -1.66. The molecule has 0 saturated heterocycles. The lowest BCUT2D eigenvalue weighted by molar-refractivity contribution is -0.388. The van der Waals surface area contributed by atoms with E-state index in [0.717, 1.165) is 11.6 Å². The molecule has 0 spiro atoms. The van der Waals surface area contributed by atoms with Gasteiger partial charge in [0.2, 0.25) is 0 Å². The van der Waals surface area contributed by atoms with Crippen molar-refractivity contribution in [3.8, 4) is 11.6 Å². The molecule has 0 atom stereocenters. The molecule has 0 aliphatic rings. The number of ether oxygens (including phenoxy) is 1. The molecule has 0 bridgehead atoms. The summed E-state index contributed by atoms with van der Waals surface area (Å²) in [5.74, 6) is 2.22. The number of rotatable bonds is 3. The van der Waals surface area contributed by atoms with Crippen LogP contribution in [0, 0.1) is 0 Å². The van der Waals surface area contributed by atoms with Gasteiger partial charge in [-0.05, 0) is 12.1 Å². The van der Waals surface area contributed by atoms with E-state index in [4.69, 9.17) is 4.74 Å². The van der Waals surface area contributed by atoms with Gasteiger partial charge >= 0.3 is 0 Å². The Bertz CT molecular complexity index is 441. The topological polar surface area (TPSA) is 80.5 Å². The van der Waals surface area contributed by atoms with Crippen LogP contribution in [0.15, 0.2) is 24.7 Å². The van der Waals surface area contributed by atoms with Gasteiger partial charge in [-0.15, -0.1) is 0 Å². The van der Waals surface area contributed by atoms with E-state index in [1.54, 1.807) is 18.0 Å². The van der Waals surface area contributed by atoms with Crippen LogP contribution in [0.5, 0.6) is 5.75 Å². The molecule has 2 rings (SSSR count). The van der Waals surface area contributed by atoms with Crippen molar-refractivity contribution in [1.82, 2.24) is 19.7 Å². The SMILES string of the molecule is COc1ccc(-n2ncnc2C[NH3+])nc1.[Cl-]. The smallest absolute Gasteiger partial charge is 0.188 e. The van der Waals surface area contributed by atoms with Crippen LogP contribution in [0.2, 0.25) is 0 Å². The van der Waals surface area contributed by atoms with E-state index in [9.17, 15) is 0 Å². The molecule has 0 aromatic carbocycles. The first kappa shape index (κ1) is 12.4. The summed E-state index contributed by atoms with van der Waals surface area (Å²) in [6.07, 6.45) is 3.14. The lowest BCUT2D eigenvalue weighted by Crippen LogP contribution is -3.00. The van der Waals surface area contributed by atoms with Crippen molar-refractivity contribution in [2.24, 2.45) is 0 Å². The van der Waals surface area contributed by atoms with Crippen LogP contribution < -0.4 is 22.9 Å². The zero-order chi connectivity index (χ0) is 10.7. The third-order valence-electron chi connectivity index (χ3n) is 2.02. The highest BCUT2D eigenvalue weighted by molar-refractivity contribution is 5.28. The third-order valence-corrected chi connectivity index (χ3v) is 2.02. The molecule has 0 unspecified atom stereocenters. The summed E-state index contributed by atoms with van der Waals surface area (Å²) in [6, 6.07) is 3.66. The van der Waals surface area contributed by atoms with Crippen LogP contribution in [-0.2, 0) is 6.54 Å². The summed E-state index contributed by atoms with van der Waals surface area (Å²) < 4.78 is 6.68. The fourth-order valence-corrected chi connectivity index (χ4v) is 1.25. The largest absolute Gasteiger partial charge is 1.00 e. The molecule has 2 aromatic heterocycles. The number of hydrogen-bond donors (Lipinski definition) is 1. The molecule has 3 N–H and O–H groups in total. The second kappa shape index (κ2) is 5.43. The maximum absolute atomic E-state index is 5.02. The Kier molecular flexibility index (Phi) is 4.21. The standard InChI is InChI=1S/C9H11N5O.ClH/c1-15-7-2-3-8(11-5-7)14-9(4-10)12-6-13-14;/h2-3,5-6H,4,10H2,1H3;1H. The van der Waals surface area contributed by atoms with Gasteiger partial charge < -0.3 is 22.9 Å². The number of methoxy groups -OCH3 is 1. The predicted molar refractivity (Wildman–Crippen MR) is 52.3 cm³/mol. The Labute approximate surface area is 98.9 Å². The van der Waals surface area contributed by atoms with Gasteiger partial charge in [-0.3, -0.25) is 0 Å². The maximum Gasteiger partial charge on any atom is 0.188 e. The maximum atomic E-state index is 5.02. The first-order valence-corrected chi connectivity index (χ1v) is 4.53. The molecule has 0 fully saturated rings. The van der Waals surface area contributed by atoms with Crippen molar-refractivity contribution in [2.45, 2.75) is 6.54 Å². The molecule has 0 amide bonds. The second-order valence-corrected chi connectivity index (χ2v) is 2.89. The Morgan fingerprint density at radius 1 is 1.38 bits per heavy atom. The number of hydrogen-bond acceptors (Lipinski definition) is 4. The molecular weight excluding hydrogens is 230 g/mol. The highest BCUT2D eigenvalue weighted by Gasteiger charge is 2.06. The van der Waals surface area contributed by atoms with Gasteiger partial charge in [-0.2, -0.15) is 9.78 Å². The summed E-state index contributed by atoms with van der Waals surface area (Å²) >= 11 is 0. The van der Waals surface area contributed by atoms with E-state index in [-0.39, 0.29) is 12.4 Å². The van der Waals surface area contributed by atoms with Crippen LogP contribution in [0.3, 0.4) is 0 Å². The van der Waals surface area contributed by atoms with Gasteiger partial charge in [0.1, 0.15) is 18.6 Å². The zero-order valence-electron chi connectivity index (χ0n) is 8.80. The predicted octanol–water partition coefficient (Wildman–Crippen LogP) is -3.58. The van der Waals surface area contributed by atoms with E-state index < -0.39 is 0 Å². The van der Waals surface area contributed by atoms with Crippen molar-refractivity contribution in [1.29, 1.82) is 0 Å². The van der Waals surface area contributed by atoms with E-state index in [0.29, 0.717) is 12.4 Å². The normalized spacial score (nSPS) is 9.62. The van der Waals surface area contributed by atoms with Crippen molar-refractivity contribution >= 4 is 0 Å². The molecule has 2 aromatic rings. The van der Waals surface area contributed by atoms with Crippen LogP contribution in [0.1, 0.15) is 5.82 Å². The molecule has 0 aliphatic heterocycles. The molecule has 86 valence electrons. The van der Waals surface area contributed by atoms with Gasteiger partial charge in [-0.25, -0.2) is 9.97 Å². The Balaban J connectivity index is 0.00000128. The summed E-state index contributed by atoms with van der Waals surface area (Å²) in [5.41, 5.74) is 3.77. The first-order valence-electron chi connectivity index (χ1n) is 4.53. The van der Waals surface area contributed by atoms with Gasteiger partial charge in [0.15, 0.2) is 11.6 Å². The van der Waals surface area contributed by atoms with Crippen molar-refractivity contribution < 1.29 is 22.9 Å². The van der Waals surface area contributed by atoms with Crippen LogP contribution in [-0.4, -0.2) is 26.9 Å². The fraction of sp³-hybridized carbons (Fsp3) is 0.222. The lowest BCUT2D eigenvalue weighted by Gasteiger charge is -2.03. The molecular formula is C9H12ClN5O. The minimum Gasteiger partial charge on any atom is -1.00 e. The summed E-state index contributed by atoms with van der Waals surface area (Å²) in [5, 5.41) is 4.08. The molecule has 2 heterocycles. The molecule has 0 aliphatic carbocycles. The summed E-state index contributed by atoms with van der Waals surface area (Å²) in [7, 11) is 1.60. The monoisotopic (exact) mass is 241 g/mol. The molecule has 16 heavy (non-hydrogen) atoms. The highest BCUT2D eigenvalue weighted by atomic mass is 35.5. The van der Waals surface area contributed by atoms with Crippen molar-refractivity contribution in [2.75, 3.05) is 7.11 Å². The number of pyridine rings is 1. The fourth-order valence-electron chi connectivity index (χ4n) is 1.25. The van der Waals surface area contributed by atoms with Crippen LogP contribution in [0.4, 0.5) is 0 Å². The average Bonchev–Trinajstić information content (AvgIpc) is 2.77. The first-order chi connectivity index (χ1) is 7.35. The zero-order valence-corrected chi connectivity index (χ0v) is 9.55. The summed E-state index contributed by atoms with van der Waals surface area (Å²) in [6.45, 7) is 0.577. The quantitative estimate of drug-likeness (QED) is 0.603. The number of aromatic nitrogens is 4. The number of nitrogens with zero attached hydrogens (tertiary/aromatic N) is 4. The highest BCUT2D eigenvalue weighted by Crippen LogP contribution is 2.11. The lowest BCUT2D eigenvalue weighted by atomic mass is 10.4. The number of quaternary nitrogens is 1. The van der Waals surface area contributed by atoms with Crippen molar-refractivity contribution in [3.63, 3.8) is 0 Å². The van der Waals surface area contributed by atoms with Gasteiger partial charge in [0, 0.05) is 0 Å². The van der Waals surface area contributed by atoms with Gasteiger partial charge in [0.05, 0.1) is 13.3 Å². The average molecular weight is 242 g/mol. The van der Waals surface area contributed by atoms with E-state index in [2.05, 4.69) is 20.8 Å². The Morgan fingerprint density at radius 3 is 2.75 bits per heavy atom. The number of halogens is 1.